The van der Waals surface area contributed by atoms with Gasteiger partial charge in [0.2, 0.25) is 0 Å². The minimum absolute atomic E-state index is 0.00776. The number of hydrogen-bond donors (Lipinski definition) is 2. The van der Waals surface area contributed by atoms with Crippen molar-refractivity contribution in [1.82, 2.24) is 10.2 Å². The van der Waals surface area contributed by atoms with Crippen LogP contribution in [0.5, 0.6) is 0 Å². The number of nitrogens with one attached hydrogen (secondary N) is 1. The Morgan fingerprint density at radius 1 is 1.09 bits per heavy atom. The number of alkyl carbamates (subject to hydrolysis) is 1. The van der Waals surface area contributed by atoms with Gasteiger partial charge in [-0.2, -0.15) is 0 Å². The van der Waals surface area contributed by atoms with Crippen molar-refractivity contribution >= 4 is 28.5 Å². The normalized spacial score (nSPS) is 24.1. The number of nitrogens with zero attached hydrogens (tertiary/aromatic N) is 2. The summed E-state index contributed by atoms with van der Waals surface area (Å²) in [6, 6.07) is 20.8. The molecule has 0 radical (unpaired) electrons. The highest BCUT2D eigenvalue weighted by Crippen LogP contribution is 2.44. The van der Waals surface area contributed by atoms with Gasteiger partial charge in [-0.3, -0.25) is 9.69 Å². The first-order chi connectivity index (χ1) is 17.0. The van der Waals surface area contributed by atoms with Crippen LogP contribution in [0, 0.1) is 0 Å². The van der Waals surface area contributed by atoms with Gasteiger partial charge < -0.3 is 20.1 Å². The largest absolute Gasteiger partial charge is 0.453 e. The Kier molecular flexibility index (Phi) is 5.27. The quantitative estimate of drug-likeness (QED) is 0.609. The zero-order valence-electron chi connectivity index (χ0n) is 19.7. The van der Waals surface area contributed by atoms with Crippen molar-refractivity contribution in [3.63, 3.8) is 0 Å². The minimum atomic E-state index is -1.80. The first-order valence-electron chi connectivity index (χ1n) is 12.2. The Morgan fingerprint density at radius 2 is 1.83 bits per heavy atom. The summed E-state index contributed by atoms with van der Waals surface area (Å²) in [5.41, 5.74) is 2.27. The molecule has 3 aromatic carbocycles. The van der Waals surface area contributed by atoms with Crippen LogP contribution < -0.4 is 10.2 Å². The first-order valence-corrected chi connectivity index (χ1v) is 12.2. The van der Waals surface area contributed by atoms with E-state index in [0.717, 1.165) is 38.0 Å². The lowest BCUT2D eigenvalue weighted by molar-refractivity contribution is -0.136. The molecule has 1 saturated heterocycles. The number of fused-ring (bicyclic) bond motifs is 1. The maximum atomic E-state index is 13.6. The van der Waals surface area contributed by atoms with Crippen LogP contribution in [0.15, 0.2) is 60.7 Å². The lowest BCUT2D eigenvalue weighted by Gasteiger charge is -2.40. The topological polar surface area (TPSA) is 82.1 Å². The van der Waals surface area contributed by atoms with Crippen LogP contribution in [-0.2, 0) is 21.6 Å². The summed E-state index contributed by atoms with van der Waals surface area (Å²) in [4.78, 5) is 29.5. The summed E-state index contributed by atoms with van der Waals surface area (Å²) in [5, 5.41) is 16.6. The molecule has 3 aliphatic rings. The third kappa shape index (κ3) is 3.41. The predicted molar refractivity (Wildman–Crippen MR) is 133 cm³/mol. The van der Waals surface area contributed by atoms with Gasteiger partial charge in [-0.15, -0.1) is 0 Å². The fourth-order valence-electron chi connectivity index (χ4n) is 6.26. The lowest BCUT2D eigenvalue weighted by atomic mass is 9.95. The van der Waals surface area contributed by atoms with Gasteiger partial charge in [0.15, 0.2) is 5.60 Å². The van der Waals surface area contributed by atoms with Crippen LogP contribution in [0.1, 0.15) is 35.6 Å². The molecule has 2 amide bonds. The Hall–Kier alpha value is -3.42. The van der Waals surface area contributed by atoms with Crippen molar-refractivity contribution in [2.75, 3.05) is 31.6 Å². The van der Waals surface area contributed by atoms with E-state index in [1.165, 1.54) is 29.0 Å². The van der Waals surface area contributed by atoms with E-state index in [9.17, 15) is 14.7 Å². The fraction of sp³-hybridized carbons (Fsp3) is 0.357. The van der Waals surface area contributed by atoms with Crippen molar-refractivity contribution in [3.8, 4) is 0 Å². The molecule has 2 N–H and O–H groups in total. The summed E-state index contributed by atoms with van der Waals surface area (Å²) < 4.78 is 4.63. The molecule has 7 heteroatoms. The van der Waals surface area contributed by atoms with E-state index in [1.54, 1.807) is 17.0 Å². The number of hydrogen-bond acceptors (Lipinski definition) is 5. The third-order valence-electron chi connectivity index (χ3n) is 7.96. The van der Waals surface area contributed by atoms with Crippen molar-refractivity contribution in [3.05, 3.63) is 77.4 Å². The van der Waals surface area contributed by atoms with E-state index in [-0.39, 0.29) is 18.5 Å². The first kappa shape index (κ1) is 22.1. The number of methoxy groups -OCH3 is 1. The highest BCUT2D eigenvalue weighted by Gasteiger charge is 2.52. The Morgan fingerprint density at radius 3 is 2.60 bits per heavy atom. The fourth-order valence-corrected chi connectivity index (χ4v) is 6.26. The molecule has 7 nitrogen and oxygen atoms in total. The third-order valence-corrected chi connectivity index (χ3v) is 7.96. The van der Waals surface area contributed by atoms with Crippen molar-refractivity contribution in [2.24, 2.45) is 0 Å². The maximum absolute atomic E-state index is 13.6. The van der Waals surface area contributed by atoms with E-state index in [4.69, 9.17) is 0 Å². The summed E-state index contributed by atoms with van der Waals surface area (Å²) >= 11 is 0. The van der Waals surface area contributed by atoms with Crippen LogP contribution >= 0.6 is 0 Å². The van der Waals surface area contributed by atoms with Gasteiger partial charge in [-0.1, -0.05) is 54.6 Å². The van der Waals surface area contributed by atoms with Crippen molar-refractivity contribution in [1.29, 1.82) is 0 Å². The number of likely N-dealkylation sites (tertiary alicyclic amines) is 1. The van der Waals surface area contributed by atoms with E-state index in [1.807, 2.05) is 12.1 Å². The second kappa shape index (κ2) is 8.36. The predicted octanol–water partition coefficient (Wildman–Crippen LogP) is 3.49. The molecule has 2 aliphatic heterocycles. The molecule has 0 bridgehead atoms. The highest BCUT2D eigenvalue weighted by molar-refractivity contribution is 6.07. The molecule has 1 fully saturated rings. The standard InChI is InChI=1S/C28H29N3O4/c1-35-27(33)29-17-28(34)22-10-2-3-11-23(22)31(26(28)32)20-12-14-30(15-13-20)24-16-19-8-4-6-18-7-5-9-21(24)25(18)19/h2-11,20,24,34H,12-17H2,1H3,(H,29,33). The summed E-state index contributed by atoms with van der Waals surface area (Å²) in [7, 11) is 1.26. The summed E-state index contributed by atoms with van der Waals surface area (Å²) in [5.74, 6) is -0.383. The molecule has 2 unspecified atom stereocenters. The van der Waals surface area contributed by atoms with Crippen LogP contribution in [-0.4, -0.2) is 54.8 Å². The molecular weight excluding hydrogens is 442 g/mol. The number of carbonyl (C=O) groups excluding carboxylic acids is 2. The number of benzene rings is 3. The molecule has 35 heavy (non-hydrogen) atoms. The minimum Gasteiger partial charge on any atom is -0.453 e. The molecule has 180 valence electrons. The van der Waals surface area contributed by atoms with Gasteiger partial charge in [0.25, 0.3) is 5.91 Å². The number of amides is 2. The molecule has 0 aromatic heterocycles. The molecule has 2 atom stereocenters. The second-order valence-corrected chi connectivity index (χ2v) is 9.75. The van der Waals surface area contributed by atoms with Gasteiger partial charge >= 0.3 is 6.09 Å². The van der Waals surface area contributed by atoms with Crippen LogP contribution in [0.25, 0.3) is 10.8 Å². The van der Waals surface area contributed by atoms with E-state index in [2.05, 4.69) is 51.4 Å². The second-order valence-electron chi connectivity index (χ2n) is 9.75. The molecule has 0 saturated carbocycles. The number of aliphatic hydroxyl groups is 1. The van der Waals surface area contributed by atoms with Crippen molar-refractivity contribution < 1.29 is 19.4 Å². The molecule has 0 spiro atoms. The van der Waals surface area contributed by atoms with Gasteiger partial charge in [0.1, 0.15) is 0 Å². The summed E-state index contributed by atoms with van der Waals surface area (Å²) in [6.07, 6.45) is 1.99. The molecule has 2 heterocycles. The molecule has 6 rings (SSSR count). The van der Waals surface area contributed by atoms with Gasteiger partial charge in [0, 0.05) is 30.7 Å². The Labute approximate surface area is 204 Å². The lowest BCUT2D eigenvalue weighted by Crippen LogP contribution is -2.53. The monoisotopic (exact) mass is 471 g/mol. The smallest absolute Gasteiger partial charge is 0.406 e. The van der Waals surface area contributed by atoms with Crippen LogP contribution in [0.4, 0.5) is 10.5 Å². The van der Waals surface area contributed by atoms with Gasteiger partial charge in [-0.05, 0) is 47.2 Å². The Bertz CT molecular complexity index is 1310. The number of anilines is 1. The SMILES string of the molecule is COC(=O)NCC1(O)C(=O)N(C2CCN(C3Cc4cccc5cccc3c45)CC2)c2ccccc21. The molecular formula is C28H29N3O4. The highest BCUT2D eigenvalue weighted by atomic mass is 16.5. The average Bonchev–Trinajstić information content (AvgIpc) is 3.38. The number of rotatable bonds is 4. The Balaban J connectivity index is 1.21. The van der Waals surface area contributed by atoms with Crippen LogP contribution in [0.3, 0.4) is 0 Å². The van der Waals surface area contributed by atoms with E-state index < -0.39 is 11.7 Å². The summed E-state index contributed by atoms with van der Waals surface area (Å²) in [6.45, 7) is 1.53. The number of para-hydroxylation sites is 1. The average molecular weight is 472 g/mol. The van der Waals surface area contributed by atoms with E-state index in [0.29, 0.717) is 11.6 Å². The molecule has 1 aliphatic carbocycles. The molecule has 3 aromatic rings. The van der Waals surface area contributed by atoms with Crippen LogP contribution in [0.2, 0.25) is 0 Å². The maximum Gasteiger partial charge on any atom is 0.406 e. The zero-order valence-corrected chi connectivity index (χ0v) is 19.7. The van der Waals surface area contributed by atoms with Gasteiger partial charge in [0.05, 0.1) is 19.3 Å². The number of ether oxygens (including phenoxy) is 1. The number of piperidine rings is 1. The number of carbonyl (C=O) groups is 2. The van der Waals surface area contributed by atoms with E-state index >= 15 is 0 Å². The van der Waals surface area contributed by atoms with Gasteiger partial charge in [-0.25, -0.2) is 4.79 Å². The van der Waals surface area contributed by atoms with Crippen molar-refractivity contribution in [2.45, 2.75) is 36.9 Å². The zero-order chi connectivity index (χ0) is 24.2.